The van der Waals surface area contributed by atoms with Crippen LogP contribution in [0.15, 0.2) is 22.7 Å². The van der Waals surface area contributed by atoms with Gasteiger partial charge in [0, 0.05) is 5.69 Å². The van der Waals surface area contributed by atoms with Crippen molar-refractivity contribution < 1.29 is 28.7 Å². The molecular weight excluding hydrogens is 330 g/mol. The van der Waals surface area contributed by atoms with E-state index in [4.69, 9.17) is 14.0 Å². The van der Waals surface area contributed by atoms with E-state index in [0.717, 1.165) is 0 Å². The lowest BCUT2D eigenvalue weighted by atomic mass is 10.2. The van der Waals surface area contributed by atoms with E-state index in [0.29, 0.717) is 23.1 Å². The van der Waals surface area contributed by atoms with Gasteiger partial charge in [-0.2, -0.15) is 0 Å². The van der Waals surface area contributed by atoms with E-state index in [2.05, 4.69) is 15.8 Å². The van der Waals surface area contributed by atoms with Crippen LogP contribution in [0.3, 0.4) is 0 Å². The van der Waals surface area contributed by atoms with E-state index in [9.17, 15) is 14.7 Å². The standard InChI is InChI=1S/C16H21N3O6/c1-16(2,3)24-15(22)18-11(7-20)8-23-14-12-6-10(17-9-21)4-5-13(12)25-19-14/h4-6,9,11,20H,7-8H2,1-3H3,(H,17,21)(H,18,22). The van der Waals surface area contributed by atoms with Crippen molar-refractivity contribution >= 4 is 29.2 Å². The number of alkyl carbamates (subject to hydrolysis) is 1. The number of hydrogen-bond donors (Lipinski definition) is 3. The molecule has 0 aliphatic heterocycles. The van der Waals surface area contributed by atoms with Crippen LogP contribution in [0, 0.1) is 0 Å². The zero-order valence-corrected chi connectivity index (χ0v) is 14.2. The molecule has 2 amide bonds. The number of aliphatic hydroxyl groups excluding tert-OH is 1. The van der Waals surface area contributed by atoms with Gasteiger partial charge >= 0.3 is 6.09 Å². The van der Waals surface area contributed by atoms with Crippen molar-refractivity contribution in [3.05, 3.63) is 18.2 Å². The third-order valence-electron chi connectivity index (χ3n) is 3.02. The average molecular weight is 351 g/mol. The first-order valence-electron chi connectivity index (χ1n) is 7.65. The molecule has 9 heteroatoms. The van der Waals surface area contributed by atoms with Crippen molar-refractivity contribution in [3.8, 4) is 5.88 Å². The number of carbonyl (C=O) groups excluding carboxylic acids is 2. The van der Waals surface area contributed by atoms with Crippen LogP contribution in [0.4, 0.5) is 10.5 Å². The molecular formula is C16H21N3O6. The highest BCUT2D eigenvalue weighted by Crippen LogP contribution is 2.27. The number of benzene rings is 1. The second-order valence-corrected chi connectivity index (χ2v) is 6.30. The lowest BCUT2D eigenvalue weighted by Crippen LogP contribution is -2.44. The van der Waals surface area contributed by atoms with Crippen LogP contribution in [0.2, 0.25) is 0 Å². The van der Waals surface area contributed by atoms with E-state index in [-0.39, 0.29) is 19.1 Å². The lowest BCUT2D eigenvalue weighted by Gasteiger charge is -2.22. The van der Waals surface area contributed by atoms with Crippen LogP contribution in [-0.2, 0) is 9.53 Å². The first-order valence-corrected chi connectivity index (χ1v) is 7.65. The van der Waals surface area contributed by atoms with Gasteiger partial charge in [-0.05, 0) is 44.1 Å². The minimum Gasteiger partial charge on any atom is -0.473 e. The predicted octanol–water partition coefficient (Wildman–Crippen LogP) is 1.66. The fourth-order valence-electron chi connectivity index (χ4n) is 1.97. The van der Waals surface area contributed by atoms with Crippen molar-refractivity contribution in [2.45, 2.75) is 32.4 Å². The highest BCUT2D eigenvalue weighted by atomic mass is 16.6. The fraction of sp³-hybridized carbons (Fsp3) is 0.438. The fourth-order valence-corrected chi connectivity index (χ4v) is 1.97. The Kier molecular flexibility index (Phi) is 5.81. The zero-order chi connectivity index (χ0) is 18.4. The highest BCUT2D eigenvalue weighted by molar-refractivity contribution is 5.87. The average Bonchev–Trinajstić information content (AvgIpc) is 2.92. The Labute approximate surface area is 144 Å². The number of aliphatic hydroxyl groups is 1. The number of hydrogen-bond acceptors (Lipinski definition) is 7. The highest BCUT2D eigenvalue weighted by Gasteiger charge is 2.20. The molecule has 2 rings (SSSR count). The van der Waals surface area contributed by atoms with Gasteiger partial charge in [0.2, 0.25) is 6.41 Å². The van der Waals surface area contributed by atoms with Gasteiger partial charge in [0.05, 0.1) is 18.0 Å². The number of amides is 2. The summed E-state index contributed by atoms with van der Waals surface area (Å²) in [5.41, 5.74) is 0.392. The molecule has 0 spiro atoms. The zero-order valence-electron chi connectivity index (χ0n) is 14.2. The number of fused-ring (bicyclic) bond motifs is 1. The number of nitrogens with zero attached hydrogens (tertiary/aromatic N) is 1. The van der Waals surface area contributed by atoms with E-state index in [1.165, 1.54) is 0 Å². The van der Waals surface area contributed by atoms with Crippen molar-refractivity contribution in [3.63, 3.8) is 0 Å². The molecule has 9 nitrogen and oxygen atoms in total. The van der Waals surface area contributed by atoms with Crippen LogP contribution in [0.25, 0.3) is 11.0 Å². The van der Waals surface area contributed by atoms with Crippen LogP contribution in [0.5, 0.6) is 5.88 Å². The van der Waals surface area contributed by atoms with Gasteiger partial charge in [-0.25, -0.2) is 4.79 Å². The SMILES string of the molecule is CC(C)(C)OC(=O)NC(CO)COc1noc2ccc(NC=O)cc12. The van der Waals surface area contributed by atoms with Crippen molar-refractivity contribution in [2.24, 2.45) is 0 Å². The summed E-state index contributed by atoms with van der Waals surface area (Å²) in [7, 11) is 0. The number of carbonyl (C=O) groups is 2. The maximum atomic E-state index is 11.7. The molecule has 1 heterocycles. The molecule has 1 atom stereocenters. The number of ether oxygens (including phenoxy) is 2. The van der Waals surface area contributed by atoms with Crippen molar-refractivity contribution in [1.29, 1.82) is 0 Å². The van der Waals surface area contributed by atoms with E-state index in [1.54, 1.807) is 39.0 Å². The van der Waals surface area contributed by atoms with Crippen LogP contribution in [-0.4, -0.2) is 47.6 Å². The molecule has 1 aromatic heterocycles. The number of anilines is 1. The number of rotatable bonds is 7. The summed E-state index contributed by atoms with van der Waals surface area (Å²) in [6.45, 7) is 4.84. The van der Waals surface area contributed by atoms with E-state index >= 15 is 0 Å². The van der Waals surface area contributed by atoms with Gasteiger partial charge in [-0.1, -0.05) is 0 Å². The molecule has 25 heavy (non-hydrogen) atoms. The minimum atomic E-state index is -0.683. The topological polar surface area (TPSA) is 123 Å². The molecule has 0 aliphatic carbocycles. The predicted molar refractivity (Wildman–Crippen MR) is 89.4 cm³/mol. The second-order valence-electron chi connectivity index (χ2n) is 6.30. The normalized spacial score (nSPS) is 12.5. The first-order chi connectivity index (χ1) is 11.8. The number of nitrogens with one attached hydrogen (secondary N) is 2. The van der Waals surface area contributed by atoms with Gasteiger partial charge in [0.25, 0.3) is 5.88 Å². The largest absolute Gasteiger partial charge is 0.473 e. The Balaban J connectivity index is 2.01. The molecule has 0 saturated heterocycles. The molecule has 0 bridgehead atoms. The summed E-state index contributed by atoms with van der Waals surface area (Å²) in [6.07, 6.45) is -0.0977. The second kappa shape index (κ2) is 7.84. The molecule has 0 saturated carbocycles. The van der Waals surface area contributed by atoms with Crippen molar-refractivity contribution in [1.82, 2.24) is 10.5 Å². The van der Waals surface area contributed by atoms with Gasteiger partial charge in [-0.15, -0.1) is 0 Å². The Hall–Kier alpha value is -2.81. The monoisotopic (exact) mass is 351 g/mol. The summed E-state index contributed by atoms with van der Waals surface area (Å²) in [5.74, 6) is 0.189. The van der Waals surface area contributed by atoms with Gasteiger partial charge < -0.3 is 29.7 Å². The Morgan fingerprint density at radius 2 is 2.20 bits per heavy atom. The van der Waals surface area contributed by atoms with Crippen molar-refractivity contribution in [2.75, 3.05) is 18.5 Å². The maximum absolute atomic E-state index is 11.7. The third-order valence-corrected chi connectivity index (χ3v) is 3.02. The molecule has 0 radical (unpaired) electrons. The number of aromatic nitrogens is 1. The van der Waals surface area contributed by atoms with Gasteiger partial charge in [0.15, 0.2) is 5.58 Å². The quantitative estimate of drug-likeness (QED) is 0.648. The molecule has 0 fully saturated rings. The third kappa shape index (κ3) is 5.35. The van der Waals surface area contributed by atoms with Gasteiger partial charge in [-0.3, -0.25) is 4.79 Å². The molecule has 1 unspecified atom stereocenters. The maximum Gasteiger partial charge on any atom is 0.408 e. The summed E-state index contributed by atoms with van der Waals surface area (Å²) in [6, 6.07) is 4.26. The lowest BCUT2D eigenvalue weighted by molar-refractivity contribution is -0.105. The summed E-state index contributed by atoms with van der Waals surface area (Å²) < 4.78 is 15.8. The molecule has 3 N–H and O–H groups in total. The Morgan fingerprint density at radius 1 is 1.44 bits per heavy atom. The first kappa shape index (κ1) is 18.5. The van der Waals surface area contributed by atoms with Crippen LogP contribution in [0.1, 0.15) is 20.8 Å². The van der Waals surface area contributed by atoms with E-state index in [1.807, 2.05) is 0 Å². The van der Waals surface area contributed by atoms with Crippen LogP contribution >= 0.6 is 0 Å². The van der Waals surface area contributed by atoms with Crippen LogP contribution < -0.4 is 15.4 Å². The van der Waals surface area contributed by atoms with Gasteiger partial charge in [0.1, 0.15) is 12.2 Å². The molecule has 2 aromatic rings. The Bertz CT molecular complexity index is 737. The van der Waals surface area contributed by atoms with E-state index < -0.39 is 17.7 Å². The summed E-state index contributed by atoms with van der Waals surface area (Å²) >= 11 is 0. The summed E-state index contributed by atoms with van der Waals surface area (Å²) in [4.78, 5) is 22.3. The summed E-state index contributed by atoms with van der Waals surface area (Å²) in [5, 5.41) is 18.8. The molecule has 136 valence electrons. The molecule has 1 aromatic carbocycles. The minimum absolute atomic E-state index is 0.0390. The molecule has 0 aliphatic rings. The Morgan fingerprint density at radius 3 is 2.84 bits per heavy atom. The smallest absolute Gasteiger partial charge is 0.408 e.